The van der Waals surface area contributed by atoms with E-state index in [9.17, 15) is 9.59 Å². The lowest BCUT2D eigenvalue weighted by molar-refractivity contribution is 0.0600. The van der Waals surface area contributed by atoms with Gasteiger partial charge in [-0.25, -0.2) is 14.8 Å². The van der Waals surface area contributed by atoms with Gasteiger partial charge in [0.15, 0.2) is 0 Å². The number of aromatic nitrogens is 2. The van der Waals surface area contributed by atoms with Crippen LogP contribution in [0.5, 0.6) is 0 Å². The van der Waals surface area contributed by atoms with Gasteiger partial charge < -0.3 is 15.0 Å². The Bertz CT molecular complexity index is 1070. The highest BCUT2D eigenvalue weighted by Gasteiger charge is 2.24. The van der Waals surface area contributed by atoms with E-state index in [1.165, 1.54) is 12.7 Å². The van der Waals surface area contributed by atoms with Gasteiger partial charge in [0, 0.05) is 24.1 Å². The zero-order valence-corrected chi connectivity index (χ0v) is 16.0. The van der Waals surface area contributed by atoms with Crippen molar-refractivity contribution in [2.45, 2.75) is 12.8 Å². The lowest BCUT2D eigenvalue weighted by Gasteiger charge is -2.29. The van der Waals surface area contributed by atoms with Gasteiger partial charge in [0.05, 0.1) is 12.7 Å². The quantitative estimate of drug-likeness (QED) is 0.688. The van der Waals surface area contributed by atoms with Crippen molar-refractivity contribution in [3.63, 3.8) is 0 Å². The summed E-state index contributed by atoms with van der Waals surface area (Å²) in [5.74, 6) is -0.309. The fraction of sp³-hybridized carbons (Fsp3) is 0.182. The number of hydrogen-bond donors (Lipinski definition) is 1. The number of esters is 1. The van der Waals surface area contributed by atoms with Crippen molar-refractivity contribution in [3.8, 4) is 0 Å². The minimum atomic E-state index is -0.428. The van der Waals surface area contributed by atoms with Crippen molar-refractivity contribution < 1.29 is 14.3 Å². The molecule has 146 valence electrons. The van der Waals surface area contributed by atoms with E-state index < -0.39 is 5.97 Å². The lowest BCUT2D eigenvalue weighted by Crippen LogP contribution is -2.36. The molecule has 4 rings (SSSR count). The van der Waals surface area contributed by atoms with Gasteiger partial charge >= 0.3 is 5.97 Å². The topological polar surface area (TPSA) is 84.4 Å². The van der Waals surface area contributed by atoms with Crippen LogP contribution >= 0.6 is 0 Å². The molecule has 0 aliphatic carbocycles. The van der Waals surface area contributed by atoms with Gasteiger partial charge in [0.25, 0.3) is 5.91 Å². The van der Waals surface area contributed by atoms with Crippen LogP contribution in [0.25, 0.3) is 0 Å². The Kier molecular flexibility index (Phi) is 5.20. The Labute approximate surface area is 168 Å². The van der Waals surface area contributed by atoms with Crippen LogP contribution in [0.4, 0.5) is 17.3 Å². The summed E-state index contributed by atoms with van der Waals surface area (Å²) in [7, 11) is 1.33. The van der Waals surface area contributed by atoms with Gasteiger partial charge in [-0.15, -0.1) is 0 Å². The summed E-state index contributed by atoms with van der Waals surface area (Å²) in [4.78, 5) is 35.1. The van der Waals surface area contributed by atoms with Crippen LogP contribution in [0, 0.1) is 0 Å². The fourth-order valence-corrected chi connectivity index (χ4v) is 3.39. The minimum Gasteiger partial charge on any atom is -0.465 e. The molecule has 1 aliphatic rings. The van der Waals surface area contributed by atoms with Crippen LogP contribution < -0.4 is 10.2 Å². The number of aryl methyl sites for hydroxylation is 1. The predicted molar refractivity (Wildman–Crippen MR) is 110 cm³/mol. The standard InChI is InChI=1S/C22H20N4O3/c1-29-21(28)16-7-4-9-17(14-16)24-22-23-12-11-18(25-22)20(27)26-13-5-8-15-6-2-3-10-19(15)26/h2-4,6-7,9-12,14H,5,8,13H2,1H3,(H,23,24,25). The molecule has 7 nitrogen and oxygen atoms in total. The number of hydrogen-bond acceptors (Lipinski definition) is 6. The van der Waals surface area contributed by atoms with E-state index in [4.69, 9.17) is 4.74 Å². The van der Waals surface area contributed by atoms with E-state index in [-0.39, 0.29) is 11.9 Å². The van der Waals surface area contributed by atoms with Crippen LogP contribution in [-0.2, 0) is 11.2 Å². The molecule has 0 atom stereocenters. The van der Waals surface area contributed by atoms with E-state index in [1.54, 1.807) is 41.4 Å². The average molecular weight is 388 g/mol. The monoisotopic (exact) mass is 388 g/mol. The molecule has 2 aromatic carbocycles. The predicted octanol–water partition coefficient (Wildman–Crippen LogP) is 3.60. The zero-order valence-electron chi connectivity index (χ0n) is 16.0. The van der Waals surface area contributed by atoms with Gasteiger partial charge in [-0.2, -0.15) is 0 Å². The zero-order chi connectivity index (χ0) is 20.2. The molecule has 0 saturated carbocycles. The third-order valence-electron chi connectivity index (χ3n) is 4.77. The van der Waals surface area contributed by atoms with Crippen molar-refractivity contribution >= 4 is 29.2 Å². The number of carbonyl (C=O) groups excluding carboxylic acids is 2. The van der Waals surface area contributed by atoms with Crippen LogP contribution in [0.15, 0.2) is 60.8 Å². The van der Waals surface area contributed by atoms with E-state index in [0.717, 1.165) is 18.5 Å². The summed E-state index contributed by atoms with van der Waals surface area (Å²) < 4.78 is 4.74. The molecule has 2 heterocycles. The molecule has 1 aromatic heterocycles. The van der Waals surface area contributed by atoms with Crippen LogP contribution in [-0.4, -0.2) is 35.5 Å². The van der Waals surface area contributed by atoms with Gasteiger partial charge in [0.1, 0.15) is 5.69 Å². The molecule has 0 bridgehead atoms. The summed E-state index contributed by atoms with van der Waals surface area (Å²) in [6.45, 7) is 0.657. The van der Waals surface area contributed by atoms with Crippen molar-refractivity contribution in [3.05, 3.63) is 77.6 Å². The Morgan fingerprint density at radius 2 is 1.97 bits per heavy atom. The molecule has 1 aliphatic heterocycles. The minimum absolute atomic E-state index is 0.161. The molecule has 1 amide bonds. The number of fused-ring (bicyclic) bond motifs is 1. The largest absolute Gasteiger partial charge is 0.465 e. The number of nitrogens with one attached hydrogen (secondary N) is 1. The summed E-state index contributed by atoms with van der Waals surface area (Å²) in [5.41, 5.74) is 3.44. The highest BCUT2D eigenvalue weighted by molar-refractivity contribution is 6.05. The maximum Gasteiger partial charge on any atom is 0.337 e. The smallest absolute Gasteiger partial charge is 0.337 e. The van der Waals surface area contributed by atoms with Crippen LogP contribution in [0.1, 0.15) is 32.8 Å². The molecule has 0 fully saturated rings. The van der Waals surface area contributed by atoms with Crippen molar-refractivity contribution in [2.75, 3.05) is 23.9 Å². The molecule has 3 aromatic rings. The van der Waals surface area contributed by atoms with Gasteiger partial charge in [0.2, 0.25) is 5.95 Å². The molecular weight excluding hydrogens is 368 g/mol. The Morgan fingerprint density at radius 3 is 2.83 bits per heavy atom. The van der Waals surface area contributed by atoms with E-state index in [2.05, 4.69) is 21.4 Å². The molecular formula is C22H20N4O3. The van der Waals surface area contributed by atoms with Gasteiger partial charge in [-0.05, 0) is 48.7 Å². The second-order valence-electron chi connectivity index (χ2n) is 6.65. The van der Waals surface area contributed by atoms with Crippen molar-refractivity contribution in [2.24, 2.45) is 0 Å². The van der Waals surface area contributed by atoms with Crippen LogP contribution in [0.3, 0.4) is 0 Å². The lowest BCUT2D eigenvalue weighted by atomic mass is 10.0. The maximum absolute atomic E-state index is 13.1. The number of rotatable bonds is 4. The first-order valence-electron chi connectivity index (χ1n) is 9.34. The normalized spacial score (nSPS) is 12.8. The third kappa shape index (κ3) is 3.94. The summed E-state index contributed by atoms with van der Waals surface area (Å²) >= 11 is 0. The molecule has 1 N–H and O–H groups in total. The molecule has 29 heavy (non-hydrogen) atoms. The first kappa shape index (κ1) is 18.6. The number of methoxy groups -OCH3 is 1. The van der Waals surface area contributed by atoms with E-state index in [1.807, 2.05) is 18.2 Å². The molecule has 7 heteroatoms. The number of nitrogens with zero attached hydrogens (tertiary/aromatic N) is 3. The van der Waals surface area contributed by atoms with E-state index in [0.29, 0.717) is 23.5 Å². The number of carbonyl (C=O) groups is 2. The van der Waals surface area contributed by atoms with Gasteiger partial charge in [-0.1, -0.05) is 24.3 Å². The first-order valence-corrected chi connectivity index (χ1v) is 9.34. The number of benzene rings is 2. The average Bonchev–Trinajstić information content (AvgIpc) is 2.78. The number of anilines is 3. The SMILES string of the molecule is COC(=O)c1cccc(Nc2nccc(C(=O)N3CCCc4ccccc43)n2)c1. The number of ether oxygens (including phenoxy) is 1. The molecule has 0 unspecified atom stereocenters. The second kappa shape index (κ2) is 8.10. The van der Waals surface area contributed by atoms with Crippen molar-refractivity contribution in [1.29, 1.82) is 0 Å². The first-order chi connectivity index (χ1) is 14.2. The Morgan fingerprint density at radius 1 is 1.10 bits per heavy atom. The highest BCUT2D eigenvalue weighted by atomic mass is 16.5. The van der Waals surface area contributed by atoms with Crippen molar-refractivity contribution in [1.82, 2.24) is 9.97 Å². The number of para-hydroxylation sites is 1. The number of amides is 1. The Hall–Kier alpha value is -3.74. The summed E-state index contributed by atoms with van der Waals surface area (Å²) in [5, 5.41) is 3.04. The second-order valence-corrected chi connectivity index (χ2v) is 6.65. The molecule has 0 saturated heterocycles. The highest BCUT2D eigenvalue weighted by Crippen LogP contribution is 2.28. The summed E-state index contributed by atoms with van der Waals surface area (Å²) in [6.07, 6.45) is 3.43. The maximum atomic E-state index is 13.1. The summed E-state index contributed by atoms with van der Waals surface area (Å²) in [6, 6.07) is 16.4. The molecule has 0 spiro atoms. The van der Waals surface area contributed by atoms with E-state index >= 15 is 0 Å². The van der Waals surface area contributed by atoms with Crippen LogP contribution in [0.2, 0.25) is 0 Å². The Balaban J connectivity index is 1.57. The molecule has 0 radical (unpaired) electrons. The fourth-order valence-electron chi connectivity index (χ4n) is 3.39. The van der Waals surface area contributed by atoms with Gasteiger partial charge in [-0.3, -0.25) is 4.79 Å². The third-order valence-corrected chi connectivity index (χ3v) is 4.77.